The van der Waals surface area contributed by atoms with Crippen molar-refractivity contribution in [1.29, 1.82) is 0 Å². The predicted octanol–water partition coefficient (Wildman–Crippen LogP) is 1.90. The Morgan fingerprint density at radius 1 is 1.44 bits per heavy atom. The maximum Gasteiger partial charge on any atom is 0.321 e. The van der Waals surface area contributed by atoms with Crippen LogP contribution in [0.25, 0.3) is 0 Å². The van der Waals surface area contributed by atoms with E-state index in [9.17, 15) is 4.79 Å². The lowest BCUT2D eigenvalue weighted by Gasteiger charge is -2.16. The molecule has 1 aromatic carbocycles. The van der Waals surface area contributed by atoms with Crippen molar-refractivity contribution in [3.05, 3.63) is 29.3 Å². The van der Waals surface area contributed by atoms with Gasteiger partial charge in [0.15, 0.2) is 0 Å². The lowest BCUT2D eigenvalue weighted by molar-refractivity contribution is 0.222. The van der Waals surface area contributed by atoms with Gasteiger partial charge >= 0.3 is 6.03 Å². The van der Waals surface area contributed by atoms with Crippen molar-refractivity contribution in [2.45, 2.75) is 12.5 Å². The first-order valence-corrected chi connectivity index (χ1v) is 5.60. The second kappa shape index (κ2) is 4.72. The second-order valence-corrected chi connectivity index (χ2v) is 4.37. The van der Waals surface area contributed by atoms with Gasteiger partial charge in [0.1, 0.15) is 0 Å². The number of benzene rings is 1. The molecule has 1 fully saturated rings. The van der Waals surface area contributed by atoms with Crippen molar-refractivity contribution >= 4 is 23.3 Å². The van der Waals surface area contributed by atoms with Crippen LogP contribution in [-0.4, -0.2) is 30.1 Å². The van der Waals surface area contributed by atoms with Crippen LogP contribution >= 0.6 is 11.6 Å². The van der Waals surface area contributed by atoms with Gasteiger partial charge in [0, 0.05) is 29.8 Å². The van der Waals surface area contributed by atoms with Crippen LogP contribution in [0.15, 0.2) is 24.3 Å². The Balaban J connectivity index is 1.94. The number of carbonyl (C=O) groups excluding carboxylic acids is 1. The molecule has 0 bridgehead atoms. The summed E-state index contributed by atoms with van der Waals surface area (Å²) in [6.07, 6.45) is 0.869. The van der Waals surface area contributed by atoms with Crippen LogP contribution in [0.2, 0.25) is 5.02 Å². The Kier molecular flexibility index (Phi) is 3.31. The number of hydrogen-bond donors (Lipinski definition) is 2. The second-order valence-electron chi connectivity index (χ2n) is 3.93. The molecule has 0 aliphatic carbocycles. The third kappa shape index (κ3) is 2.65. The van der Waals surface area contributed by atoms with Gasteiger partial charge in [-0.25, -0.2) is 4.79 Å². The van der Waals surface area contributed by atoms with E-state index in [4.69, 9.17) is 17.3 Å². The number of nitrogens with one attached hydrogen (secondary N) is 1. The molecule has 0 unspecified atom stereocenters. The number of urea groups is 1. The molecule has 0 radical (unpaired) electrons. The number of amides is 2. The van der Waals surface area contributed by atoms with E-state index in [1.165, 1.54) is 0 Å². The Hall–Kier alpha value is -1.26. The van der Waals surface area contributed by atoms with Crippen molar-refractivity contribution in [2.24, 2.45) is 5.73 Å². The standard InChI is InChI=1S/C11H14ClN3O/c12-8-1-3-10(4-2-8)14-11(16)15-6-5-9(13)7-15/h1-4,9H,5-7,13H2,(H,14,16)/t9-/m1/s1. The summed E-state index contributed by atoms with van der Waals surface area (Å²) in [7, 11) is 0. The molecule has 5 heteroatoms. The van der Waals surface area contributed by atoms with E-state index in [1.807, 2.05) is 0 Å². The van der Waals surface area contributed by atoms with E-state index in [1.54, 1.807) is 29.2 Å². The summed E-state index contributed by atoms with van der Waals surface area (Å²) in [5.41, 5.74) is 6.48. The Morgan fingerprint density at radius 3 is 2.69 bits per heavy atom. The van der Waals surface area contributed by atoms with Crippen LogP contribution in [0, 0.1) is 0 Å². The number of hydrogen-bond acceptors (Lipinski definition) is 2. The molecule has 1 saturated heterocycles. The maximum atomic E-state index is 11.8. The molecular weight excluding hydrogens is 226 g/mol. The average molecular weight is 240 g/mol. The van der Waals surface area contributed by atoms with E-state index < -0.39 is 0 Å². The highest BCUT2D eigenvalue weighted by atomic mass is 35.5. The molecule has 3 N–H and O–H groups in total. The predicted molar refractivity (Wildman–Crippen MR) is 64.6 cm³/mol. The van der Waals surface area contributed by atoms with E-state index in [2.05, 4.69) is 5.32 Å². The van der Waals surface area contributed by atoms with Crippen molar-refractivity contribution in [2.75, 3.05) is 18.4 Å². The Bertz CT molecular complexity index is 379. The maximum absolute atomic E-state index is 11.8. The fourth-order valence-corrected chi connectivity index (χ4v) is 1.83. The molecular formula is C11H14ClN3O. The molecule has 2 rings (SSSR count). The third-order valence-corrected chi connectivity index (χ3v) is 2.86. The molecule has 1 atom stereocenters. The average Bonchev–Trinajstić information content (AvgIpc) is 2.68. The highest BCUT2D eigenvalue weighted by Crippen LogP contribution is 2.15. The van der Waals surface area contributed by atoms with Gasteiger partial charge < -0.3 is 16.0 Å². The zero-order valence-electron chi connectivity index (χ0n) is 8.82. The summed E-state index contributed by atoms with van der Waals surface area (Å²) in [4.78, 5) is 13.5. The van der Waals surface area contributed by atoms with Crippen LogP contribution in [0.5, 0.6) is 0 Å². The molecule has 1 aliphatic heterocycles. The van der Waals surface area contributed by atoms with Gasteiger partial charge in [0.2, 0.25) is 0 Å². The number of halogens is 1. The van der Waals surface area contributed by atoms with Crippen molar-refractivity contribution in [1.82, 2.24) is 4.90 Å². The number of anilines is 1. The van der Waals surface area contributed by atoms with Crippen molar-refractivity contribution in [3.63, 3.8) is 0 Å². The lowest BCUT2D eigenvalue weighted by atomic mass is 10.3. The molecule has 1 heterocycles. The van der Waals surface area contributed by atoms with E-state index in [0.717, 1.165) is 18.7 Å². The van der Waals surface area contributed by atoms with Gasteiger partial charge in [0.05, 0.1) is 0 Å². The minimum absolute atomic E-state index is 0.102. The smallest absolute Gasteiger partial charge is 0.321 e. The number of likely N-dealkylation sites (tertiary alicyclic amines) is 1. The summed E-state index contributed by atoms with van der Waals surface area (Å²) >= 11 is 5.75. The summed E-state index contributed by atoms with van der Waals surface area (Å²) in [6, 6.07) is 7.04. The first kappa shape index (κ1) is 11.2. The topological polar surface area (TPSA) is 58.4 Å². The van der Waals surface area contributed by atoms with Crippen LogP contribution in [0.1, 0.15) is 6.42 Å². The van der Waals surface area contributed by atoms with Crippen LogP contribution in [0.3, 0.4) is 0 Å². The molecule has 1 aliphatic rings. The first-order chi connectivity index (χ1) is 7.65. The molecule has 86 valence electrons. The molecule has 0 saturated carbocycles. The zero-order valence-corrected chi connectivity index (χ0v) is 9.57. The highest BCUT2D eigenvalue weighted by Gasteiger charge is 2.23. The monoisotopic (exact) mass is 239 g/mol. The van der Waals surface area contributed by atoms with E-state index in [-0.39, 0.29) is 12.1 Å². The number of nitrogens with zero attached hydrogens (tertiary/aromatic N) is 1. The fourth-order valence-electron chi connectivity index (χ4n) is 1.71. The quantitative estimate of drug-likeness (QED) is 0.787. The summed E-state index contributed by atoms with van der Waals surface area (Å²) in [5, 5.41) is 3.46. The zero-order chi connectivity index (χ0) is 11.5. The Morgan fingerprint density at radius 2 is 2.12 bits per heavy atom. The van der Waals surface area contributed by atoms with Crippen LogP contribution in [-0.2, 0) is 0 Å². The summed E-state index contributed by atoms with van der Waals surface area (Å²) < 4.78 is 0. The van der Waals surface area contributed by atoms with Gasteiger partial charge in [0.25, 0.3) is 0 Å². The van der Waals surface area contributed by atoms with Crippen LogP contribution in [0.4, 0.5) is 10.5 Å². The first-order valence-electron chi connectivity index (χ1n) is 5.22. The molecule has 16 heavy (non-hydrogen) atoms. The molecule has 0 aromatic heterocycles. The summed E-state index contributed by atoms with van der Waals surface area (Å²) in [6.45, 7) is 1.35. The molecule has 1 aromatic rings. The molecule has 2 amide bonds. The normalized spacial score (nSPS) is 19.9. The number of carbonyl (C=O) groups is 1. The van der Waals surface area contributed by atoms with Crippen molar-refractivity contribution in [3.8, 4) is 0 Å². The number of rotatable bonds is 1. The van der Waals surface area contributed by atoms with E-state index >= 15 is 0 Å². The minimum atomic E-state index is -0.102. The number of nitrogens with two attached hydrogens (primary N) is 1. The van der Waals surface area contributed by atoms with E-state index in [0.29, 0.717) is 11.6 Å². The van der Waals surface area contributed by atoms with Crippen LogP contribution < -0.4 is 11.1 Å². The third-order valence-electron chi connectivity index (χ3n) is 2.61. The summed E-state index contributed by atoms with van der Waals surface area (Å²) in [5.74, 6) is 0. The van der Waals surface area contributed by atoms with Gasteiger partial charge in [-0.1, -0.05) is 11.6 Å². The SMILES string of the molecule is N[C@@H]1CCN(C(=O)Nc2ccc(Cl)cc2)C1. The minimum Gasteiger partial charge on any atom is -0.326 e. The van der Waals surface area contributed by atoms with Gasteiger partial charge in [-0.05, 0) is 30.7 Å². The Labute approximate surface area is 99.4 Å². The largest absolute Gasteiger partial charge is 0.326 e. The fraction of sp³-hybridized carbons (Fsp3) is 0.364. The van der Waals surface area contributed by atoms with Gasteiger partial charge in [-0.15, -0.1) is 0 Å². The van der Waals surface area contributed by atoms with Crippen molar-refractivity contribution < 1.29 is 4.79 Å². The molecule has 0 spiro atoms. The van der Waals surface area contributed by atoms with Gasteiger partial charge in [-0.2, -0.15) is 0 Å². The molecule has 4 nitrogen and oxygen atoms in total. The van der Waals surface area contributed by atoms with Gasteiger partial charge in [-0.3, -0.25) is 0 Å². The highest BCUT2D eigenvalue weighted by molar-refractivity contribution is 6.30. The lowest BCUT2D eigenvalue weighted by Crippen LogP contribution is -2.35.